The molecule has 1 N–H and O–H groups in total. The van der Waals surface area contributed by atoms with Crippen LogP contribution in [0.5, 0.6) is 5.75 Å². The van der Waals surface area contributed by atoms with Crippen molar-refractivity contribution in [1.29, 1.82) is 0 Å². The number of alkyl halides is 3. The minimum Gasteiger partial charge on any atom is -0.405 e. The molecule has 0 saturated carbocycles. The maximum atomic E-state index is 12.4. The van der Waals surface area contributed by atoms with Gasteiger partial charge in [-0.3, -0.25) is 9.20 Å². The molecule has 1 aromatic carbocycles. The van der Waals surface area contributed by atoms with E-state index in [1.54, 1.807) is 18.2 Å². The van der Waals surface area contributed by atoms with E-state index >= 15 is 0 Å². The van der Waals surface area contributed by atoms with Gasteiger partial charge in [0.05, 0.1) is 0 Å². The van der Waals surface area contributed by atoms with Crippen molar-refractivity contribution in [2.45, 2.75) is 19.5 Å². The molecule has 0 unspecified atom stereocenters. The molecule has 0 atom stereocenters. The summed E-state index contributed by atoms with van der Waals surface area (Å²) >= 11 is 0. The van der Waals surface area contributed by atoms with Gasteiger partial charge in [-0.25, -0.2) is 9.48 Å². The van der Waals surface area contributed by atoms with E-state index in [1.165, 1.54) is 28.8 Å². The van der Waals surface area contributed by atoms with Gasteiger partial charge < -0.3 is 10.1 Å². The molecule has 3 aromatic rings. The fourth-order valence-electron chi connectivity index (χ4n) is 2.33. The lowest BCUT2D eigenvalue weighted by atomic mass is 10.2. The van der Waals surface area contributed by atoms with E-state index in [2.05, 4.69) is 15.2 Å². The molecule has 1 amide bonds. The molecule has 0 aliphatic rings. The van der Waals surface area contributed by atoms with Crippen LogP contribution in [0.4, 0.5) is 13.2 Å². The third-order valence-electron chi connectivity index (χ3n) is 3.46. The monoisotopic (exact) mass is 366 g/mol. The number of hydrogen-bond acceptors (Lipinski definition) is 4. The van der Waals surface area contributed by atoms with Crippen LogP contribution in [0.15, 0.2) is 53.5 Å². The van der Waals surface area contributed by atoms with Crippen LogP contribution in [0.25, 0.3) is 5.65 Å². The first-order valence-corrected chi connectivity index (χ1v) is 7.48. The molecule has 136 valence electrons. The Morgan fingerprint density at radius 2 is 1.88 bits per heavy atom. The second-order valence-electron chi connectivity index (χ2n) is 5.30. The number of nitrogens with zero attached hydrogens (tertiary/aromatic N) is 3. The number of carbonyl (C=O) groups excluding carboxylic acids is 1. The minimum absolute atomic E-state index is 0.153. The summed E-state index contributed by atoms with van der Waals surface area (Å²) in [5, 5.41) is 6.46. The molecule has 0 spiro atoms. The summed E-state index contributed by atoms with van der Waals surface area (Å²) in [4.78, 5) is 24.1. The third-order valence-corrected chi connectivity index (χ3v) is 3.46. The van der Waals surface area contributed by atoms with Crippen molar-refractivity contribution in [3.63, 3.8) is 0 Å². The number of ether oxygens (including phenoxy) is 1. The summed E-state index contributed by atoms with van der Waals surface area (Å²) < 4.78 is 43.4. The highest BCUT2D eigenvalue weighted by Gasteiger charge is 2.32. The first kappa shape index (κ1) is 17.5. The number of amides is 1. The topological polar surface area (TPSA) is 77.6 Å². The van der Waals surface area contributed by atoms with Crippen molar-refractivity contribution in [2.75, 3.05) is 0 Å². The Labute approximate surface area is 144 Å². The van der Waals surface area contributed by atoms with E-state index in [0.717, 1.165) is 10.7 Å². The molecule has 0 fully saturated rings. The van der Waals surface area contributed by atoms with Gasteiger partial charge in [-0.1, -0.05) is 24.3 Å². The van der Waals surface area contributed by atoms with Gasteiger partial charge in [-0.15, -0.1) is 18.3 Å². The van der Waals surface area contributed by atoms with E-state index < -0.39 is 23.7 Å². The summed E-state index contributed by atoms with van der Waals surface area (Å²) in [6.07, 6.45) is -3.31. The quantitative estimate of drug-likeness (QED) is 0.746. The van der Waals surface area contributed by atoms with E-state index in [4.69, 9.17) is 0 Å². The zero-order valence-corrected chi connectivity index (χ0v) is 13.2. The highest BCUT2D eigenvalue weighted by molar-refractivity contribution is 5.75. The standard InChI is InChI=1S/C16H13F3N4O3/c17-16(18,19)26-12-6-2-1-5-11(12)9-20-14(24)10-23-15(25)22-8-4-3-7-13(22)21-23/h1-8H,9-10H2,(H,20,24). The van der Waals surface area contributed by atoms with Crippen LogP contribution in [0, 0.1) is 0 Å². The fourth-order valence-corrected chi connectivity index (χ4v) is 2.33. The number of aromatic nitrogens is 3. The molecule has 0 aliphatic heterocycles. The SMILES string of the molecule is O=C(Cn1nc2ccccn2c1=O)NCc1ccccc1OC(F)(F)F. The fraction of sp³-hybridized carbons (Fsp3) is 0.188. The maximum absolute atomic E-state index is 12.4. The van der Waals surface area contributed by atoms with Crippen molar-refractivity contribution >= 4 is 11.6 Å². The van der Waals surface area contributed by atoms with Gasteiger partial charge in [0.1, 0.15) is 12.3 Å². The van der Waals surface area contributed by atoms with Crippen LogP contribution in [-0.4, -0.2) is 26.5 Å². The van der Waals surface area contributed by atoms with E-state index in [9.17, 15) is 22.8 Å². The second-order valence-corrected chi connectivity index (χ2v) is 5.30. The first-order valence-electron chi connectivity index (χ1n) is 7.48. The second kappa shape index (κ2) is 6.90. The molecule has 2 heterocycles. The number of para-hydroxylation sites is 1. The average molecular weight is 366 g/mol. The lowest BCUT2D eigenvalue weighted by Gasteiger charge is -2.13. The van der Waals surface area contributed by atoms with Gasteiger partial charge in [-0.05, 0) is 18.2 Å². The number of nitrogens with one attached hydrogen (secondary N) is 1. The van der Waals surface area contributed by atoms with Gasteiger partial charge in [0.25, 0.3) is 0 Å². The van der Waals surface area contributed by atoms with Gasteiger partial charge in [0.15, 0.2) is 5.65 Å². The van der Waals surface area contributed by atoms with E-state index in [0.29, 0.717) is 5.65 Å². The summed E-state index contributed by atoms with van der Waals surface area (Å²) in [5.41, 5.74) is 0.0475. The molecule has 0 aliphatic carbocycles. The van der Waals surface area contributed by atoms with Crippen LogP contribution in [-0.2, 0) is 17.9 Å². The third kappa shape index (κ3) is 4.02. The molecule has 0 bridgehead atoms. The molecule has 0 saturated heterocycles. The predicted octanol–water partition coefficient (Wildman–Crippen LogP) is 1.71. The van der Waals surface area contributed by atoms with Crippen molar-refractivity contribution in [3.8, 4) is 5.75 Å². The van der Waals surface area contributed by atoms with E-state index in [-0.39, 0.29) is 18.7 Å². The predicted molar refractivity (Wildman–Crippen MR) is 84.4 cm³/mol. The van der Waals surface area contributed by atoms with E-state index in [1.807, 2.05) is 0 Å². The number of halogens is 3. The Hall–Kier alpha value is -3.30. The molecule has 3 rings (SSSR count). The van der Waals surface area contributed by atoms with Gasteiger partial charge in [0, 0.05) is 18.3 Å². The molecule has 10 heteroatoms. The van der Waals surface area contributed by atoms with Crippen molar-refractivity contribution in [1.82, 2.24) is 19.5 Å². The number of hydrogen-bond donors (Lipinski definition) is 1. The average Bonchev–Trinajstić information content (AvgIpc) is 2.89. The summed E-state index contributed by atoms with van der Waals surface area (Å²) in [5.74, 6) is -0.970. The maximum Gasteiger partial charge on any atom is 0.573 e. The van der Waals surface area contributed by atoms with Crippen molar-refractivity contribution < 1.29 is 22.7 Å². The number of benzene rings is 1. The highest BCUT2D eigenvalue weighted by Crippen LogP contribution is 2.25. The Balaban J connectivity index is 1.68. The van der Waals surface area contributed by atoms with Gasteiger partial charge >= 0.3 is 12.1 Å². The summed E-state index contributed by atoms with van der Waals surface area (Å²) in [6, 6.07) is 10.4. The zero-order chi connectivity index (χ0) is 18.7. The normalized spacial score (nSPS) is 11.5. The number of pyridine rings is 1. The number of rotatable bonds is 5. The molecule has 26 heavy (non-hydrogen) atoms. The molecule has 2 aromatic heterocycles. The Bertz CT molecular complexity index is 994. The molecule has 7 nitrogen and oxygen atoms in total. The van der Waals surface area contributed by atoms with Crippen molar-refractivity contribution in [2.24, 2.45) is 0 Å². The van der Waals surface area contributed by atoms with Crippen LogP contribution >= 0.6 is 0 Å². The number of fused-ring (bicyclic) bond motifs is 1. The number of carbonyl (C=O) groups is 1. The Morgan fingerprint density at radius 3 is 2.62 bits per heavy atom. The first-order chi connectivity index (χ1) is 12.3. The van der Waals surface area contributed by atoms with Crippen LogP contribution in [0.1, 0.15) is 5.56 Å². The largest absolute Gasteiger partial charge is 0.573 e. The molecular formula is C16H13F3N4O3. The van der Waals surface area contributed by atoms with Crippen LogP contribution < -0.4 is 15.7 Å². The Morgan fingerprint density at radius 1 is 1.15 bits per heavy atom. The Kier molecular flexibility index (Phi) is 4.65. The zero-order valence-electron chi connectivity index (χ0n) is 13.2. The highest BCUT2D eigenvalue weighted by atomic mass is 19.4. The lowest BCUT2D eigenvalue weighted by molar-refractivity contribution is -0.274. The molecular weight excluding hydrogens is 353 g/mol. The summed E-state index contributed by atoms with van der Waals surface area (Å²) in [7, 11) is 0. The minimum atomic E-state index is -4.83. The molecule has 0 radical (unpaired) electrons. The smallest absolute Gasteiger partial charge is 0.405 e. The van der Waals surface area contributed by atoms with Gasteiger partial charge in [0.2, 0.25) is 5.91 Å². The van der Waals surface area contributed by atoms with Crippen molar-refractivity contribution in [3.05, 3.63) is 64.7 Å². The van der Waals surface area contributed by atoms with Crippen LogP contribution in [0.2, 0.25) is 0 Å². The van der Waals surface area contributed by atoms with Crippen LogP contribution in [0.3, 0.4) is 0 Å². The lowest BCUT2D eigenvalue weighted by Crippen LogP contribution is -2.32. The summed E-state index contributed by atoms with van der Waals surface area (Å²) in [6.45, 7) is -0.546. The van der Waals surface area contributed by atoms with Gasteiger partial charge in [-0.2, -0.15) is 0 Å².